The zero-order valence-corrected chi connectivity index (χ0v) is 18.2. The number of ether oxygens (including phenoxy) is 1. The van der Waals surface area contributed by atoms with Crippen molar-refractivity contribution >= 4 is 14.0 Å². The molecule has 0 bridgehead atoms. The highest BCUT2D eigenvalue weighted by molar-refractivity contribution is 6.83. The summed E-state index contributed by atoms with van der Waals surface area (Å²) in [5, 5.41) is 0. The van der Waals surface area contributed by atoms with Crippen LogP contribution in [0.15, 0.2) is 23.3 Å². The molecule has 3 heteroatoms. The number of allylic oxidation sites excluding steroid dienone is 4. The lowest BCUT2D eigenvalue weighted by Crippen LogP contribution is -2.32. The largest absolute Gasteiger partial charge is 0.452 e. The Morgan fingerprint density at radius 2 is 1.79 bits per heavy atom. The molecule has 0 N–H and O–H groups in total. The third-order valence-corrected chi connectivity index (χ3v) is 4.96. The molecule has 1 unspecified atom stereocenters. The van der Waals surface area contributed by atoms with E-state index < -0.39 is 13.5 Å². The molecule has 0 aromatic rings. The van der Waals surface area contributed by atoms with Crippen LogP contribution < -0.4 is 0 Å². The van der Waals surface area contributed by atoms with E-state index in [1.54, 1.807) is 0 Å². The first-order valence-electron chi connectivity index (χ1n) is 8.84. The summed E-state index contributed by atoms with van der Waals surface area (Å²) < 4.78 is 5.39. The summed E-state index contributed by atoms with van der Waals surface area (Å²) in [7, 11) is -1.41. The Morgan fingerprint density at radius 3 is 2.29 bits per heavy atom. The molecule has 136 valence electrons. The van der Waals surface area contributed by atoms with Gasteiger partial charge in [0.15, 0.2) is 6.61 Å². The topological polar surface area (TPSA) is 26.3 Å². The van der Waals surface area contributed by atoms with Crippen molar-refractivity contribution in [3.8, 4) is 11.5 Å². The van der Waals surface area contributed by atoms with E-state index in [1.807, 2.05) is 13.8 Å². The number of carbonyl (C=O) groups excluding carboxylic acids is 1. The Morgan fingerprint density at radius 1 is 1.21 bits per heavy atom. The fraction of sp³-hybridized carbons (Fsp3) is 0.667. The van der Waals surface area contributed by atoms with E-state index >= 15 is 0 Å². The van der Waals surface area contributed by atoms with Crippen LogP contribution in [0.2, 0.25) is 19.6 Å². The summed E-state index contributed by atoms with van der Waals surface area (Å²) >= 11 is 0. The zero-order valence-electron chi connectivity index (χ0n) is 17.2. The lowest BCUT2D eigenvalue weighted by Gasteiger charge is -2.27. The molecule has 0 saturated heterocycles. The highest BCUT2D eigenvalue weighted by Crippen LogP contribution is 2.30. The van der Waals surface area contributed by atoms with Gasteiger partial charge in [-0.25, -0.2) is 0 Å². The Balaban J connectivity index is 4.68. The molecule has 1 atom stereocenters. The van der Waals surface area contributed by atoms with Gasteiger partial charge in [0, 0.05) is 0 Å². The van der Waals surface area contributed by atoms with E-state index in [0.29, 0.717) is 0 Å². The minimum absolute atomic E-state index is 0.127. The van der Waals surface area contributed by atoms with Crippen molar-refractivity contribution in [2.24, 2.45) is 11.3 Å². The quantitative estimate of drug-likeness (QED) is 0.253. The fourth-order valence-corrected chi connectivity index (χ4v) is 2.68. The second-order valence-corrected chi connectivity index (χ2v) is 13.2. The number of hydrogen-bond donors (Lipinski definition) is 0. The van der Waals surface area contributed by atoms with Crippen molar-refractivity contribution in [2.45, 2.75) is 74.0 Å². The molecule has 0 saturated carbocycles. The van der Waals surface area contributed by atoms with Crippen molar-refractivity contribution < 1.29 is 9.53 Å². The Bertz CT molecular complexity index is 532. The van der Waals surface area contributed by atoms with E-state index in [1.165, 1.54) is 11.1 Å². The third-order valence-electron chi connectivity index (χ3n) is 4.03. The molecule has 0 spiro atoms. The first-order valence-corrected chi connectivity index (χ1v) is 12.3. The van der Waals surface area contributed by atoms with Crippen LogP contribution in [0.1, 0.15) is 54.4 Å². The molecule has 24 heavy (non-hydrogen) atoms. The minimum Gasteiger partial charge on any atom is -0.452 e. The molecule has 0 aromatic heterocycles. The van der Waals surface area contributed by atoms with Gasteiger partial charge in [-0.15, -0.1) is 5.54 Å². The van der Waals surface area contributed by atoms with Crippen molar-refractivity contribution in [1.29, 1.82) is 0 Å². The SMILES string of the molecule is CC(C)=CCC/C(C)=C/C(C)C(C)(C)C(=O)OCC#C[Si](C)(C)C. The molecule has 0 aliphatic heterocycles. The van der Waals surface area contributed by atoms with E-state index in [-0.39, 0.29) is 18.5 Å². The summed E-state index contributed by atoms with van der Waals surface area (Å²) in [6, 6.07) is 0. The van der Waals surface area contributed by atoms with Crippen LogP contribution in [-0.4, -0.2) is 20.7 Å². The van der Waals surface area contributed by atoms with Crippen molar-refractivity contribution in [3.63, 3.8) is 0 Å². The van der Waals surface area contributed by atoms with Crippen LogP contribution in [0.4, 0.5) is 0 Å². The molecular weight excluding hydrogens is 312 g/mol. The second kappa shape index (κ2) is 9.89. The minimum atomic E-state index is -1.41. The zero-order chi connectivity index (χ0) is 19.0. The lowest BCUT2D eigenvalue weighted by atomic mass is 9.79. The van der Waals surface area contributed by atoms with Gasteiger partial charge in [-0.05, 0) is 53.4 Å². The standard InChI is InChI=1S/C21H36O2Si/c1-17(2)12-10-13-18(3)16-19(4)21(5,6)20(22)23-14-11-15-24(7,8)9/h12,16,19H,10,13-14H2,1-9H3/b18-16+. The van der Waals surface area contributed by atoms with Gasteiger partial charge in [-0.2, -0.15) is 0 Å². The monoisotopic (exact) mass is 348 g/mol. The predicted octanol–water partition coefficient (Wildman–Crippen LogP) is 5.77. The highest BCUT2D eigenvalue weighted by Gasteiger charge is 2.34. The van der Waals surface area contributed by atoms with Crippen molar-refractivity contribution in [2.75, 3.05) is 6.61 Å². The van der Waals surface area contributed by atoms with Gasteiger partial charge in [0.2, 0.25) is 0 Å². The van der Waals surface area contributed by atoms with Crippen LogP contribution in [0, 0.1) is 22.8 Å². The van der Waals surface area contributed by atoms with Crippen LogP contribution >= 0.6 is 0 Å². The maximum absolute atomic E-state index is 12.4. The van der Waals surface area contributed by atoms with Gasteiger partial charge in [-0.1, -0.05) is 55.8 Å². The molecule has 2 nitrogen and oxygen atoms in total. The summed E-state index contributed by atoms with van der Waals surface area (Å²) in [5.41, 5.74) is 5.34. The average molecular weight is 349 g/mol. The van der Waals surface area contributed by atoms with Crippen LogP contribution in [0.25, 0.3) is 0 Å². The van der Waals surface area contributed by atoms with Crippen LogP contribution in [0.5, 0.6) is 0 Å². The summed E-state index contributed by atoms with van der Waals surface area (Å²) in [6.07, 6.45) is 6.53. The van der Waals surface area contributed by atoms with Crippen molar-refractivity contribution in [3.05, 3.63) is 23.3 Å². The van der Waals surface area contributed by atoms with Gasteiger partial charge >= 0.3 is 5.97 Å². The molecular formula is C21H36O2Si. The molecule has 0 aromatic carbocycles. The normalized spacial score (nSPS) is 13.6. The smallest absolute Gasteiger partial charge is 0.313 e. The first kappa shape index (κ1) is 22.7. The lowest BCUT2D eigenvalue weighted by molar-refractivity contribution is -0.154. The fourth-order valence-electron chi connectivity index (χ4n) is 2.08. The van der Waals surface area contributed by atoms with E-state index in [0.717, 1.165) is 12.8 Å². The molecule has 0 heterocycles. The van der Waals surface area contributed by atoms with Gasteiger partial charge < -0.3 is 4.74 Å². The maximum Gasteiger partial charge on any atom is 0.313 e. The van der Waals surface area contributed by atoms with Crippen LogP contribution in [0.3, 0.4) is 0 Å². The first-order chi connectivity index (χ1) is 10.9. The highest BCUT2D eigenvalue weighted by atomic mass is 28.3. The summed E-state index contributed by atoms with van der Waals surface area (Å²) in [5.74, 6) is 2.95. The number of carbonyl (C=O) groups is 1. The third kappa shape index (κ3) is 9.77. The van der Waals surface area contributed by atoms with E-state index in [9.17, 15) is 4.79 Å². The van der Waals surface area contributed by atoms with E-state index in [4.69, 9.17) is 4.74 Å². The predicted molar refractivity (Wildman–Crippen MR) is 107 cm³/mol. The Hall–Kier alpha value is -1.27. The Labute approximate surface area is 150 Å². The molecule has 0 radical (unpaired) electrons. The summed E-state index contributed by atoms with van der Waals surface area (Å²) in [6.45, 7) is 19.1. The molecule has 0 aliphatic rings. The Kier molecular flexibility index (Phi) is 9.36. The maximum atomic E-state index is 12.4. The number of esters is 1. The number of rotatable bonds is 7. The van der Waals surface area contributed by atoms with Gasteiger partial charge in [0.25, 0.3) is 0 Å². The van der Waals surface area contributed by atoms with Crippen LogP contribution in [-0.2, 0) is 9.53 Å². The number of hydrogen-bond acceptors (Lipinski definition) is 2. The molecule has 0 rings (SSSR count). The molecule has 0 aliphatic carbocycles. The van der Waals surface area contributed by atoms with Gasteiger partial charge in [-0.3, -0.25) is 4.79 Å². The van der Waals surface area contributed by atoms with Gasteiger partial charge in [0.1, 0.15) is 8.07 Å². The molecule has 0 fully saturated rings. The van der Waals surface area contributed by atoms with Gasteiger partial charge in [0.05, 0.1) is 5.41 Å². The van der Waals surface area contributed by atoms with E-state index in [2.05, 4.69) is 71.0 Å². The second-order valence-electron chi connectivity index (χ2n) is 8.47. The average Bonchev–Trinajstić information content (AvgIpc) is 2.41. The van der Waals surface area contributed by atoms with Crippen molar-refractivity contribution in [1.82, 2.24) is 0 Å². The summed E-state index contributed by atoms with van der Waals surface area (Å²) in [4.78, 5) is 12.4. The molecule has 0 amide bonds.